The zero-order valence-corrected chi connectivity index (χ0v) is 23.9. The van der Waals surface area contributed by atoms with Gasteiger partial charge < -0.3 is 25.0 Å². The molecule has 0 aliphatic carbocycles. The van der Waals surface area contributed by atoms with Gasteiger partial charge in [-0.15, -0.1) is 11.8 Å². The largest absolute Gasteiger partial charge is 0.478 e. The monoisotopic (exact) mass is 584 g/mol. The van der Waals surface area contributed by atoms with Gasteiger partial charge in [-0.25, -0.2) is 9.78 Å². The molecule has 0 unspecified atom stereocenters. The summed E-state index contributed by atoms with van der Waals surface area (Å²) in [5.41, 5.74) is 5.87. The normalized spacial score (nSPS) is 18.4. The molecule has 3 aromatic carbocycles. The first-order valence-corrected chi connectivity index (χ1v) is 14.6. The quantitative estimate of drug-likeness (QED) is 0.197. The number of nitrogens with zero attached hydrogens (tertiary/aromatic N) is 1. The van der Waals surface area contributed by atoms with Gasteiger partial charge in [-0.3, -0.25) is 4.79 Å². The van der Waals surface area contributed by atoms with Crippen LogP contribution in [-0.4, -0.2) is 38.9 Å². The number of carboxylic acid groups (broad SMARTS) is 1. The van der Waals surface area contributed by atoms with Gasteiger partial charge in [-0.05, 0) is 39.9 Å². The van der Waals surface area contributed by atoms with Gasteiger partial charge in [-0.1, -0.05) is 72.8 Å². The van der Waals surface area contributed by atoms with E-state index < -0.39 is 12.3 Å². The van der Waals surface area contributed by atoms with E-state index in [-0.39, 0.29) is 30.3 Å². The summed E-state index contributed by atoms with van der Waals surface area (Å²) >= 11 is 1.35. The molecule has 1 aliphatic heterocycles. The molecule has 1 fully saturated rings. The third-order valence-corrected chi connectivity index (χ3v) is 8.20. The third kappa shape index (κ3) is 7.24. The average Bonchev–Trinajstić information content (AvgIpc) is 3.03. The zero-order valence-electron chi connectivity index (χ0n) is 23.1. The number of hydrogen-bond donors (Lipinski definition) is 3. The molecule has 1 aromatic heterocycles. The predicted octanol–water partition coefficient (Wildman–Crippen LogP) is 5.91. The number of aromatic carboxylic acids is 1. The molecule has 0 radical (unpaired) electrons. The number of aliphatic hydroxyl groups excluding tert-OH is 1. The fourth-order valence-electron chi connectivity index (χ4n) is 4.86. The number of thioether (sulfide) groups is 1. The molecule has 42 heavy (non-hydrogen) atoms. The van der Waals surface area contributed by atoms with Crippen LogP contribution in [0.4, 0.5) is 0 Å². The number of carbonyl (C=O) groups excluding carboxylic acids is 1. The maximum atomic E-state index is 11.7. The Morgan fingerprint density at radius 2 is 1.69 bits per heavy atom. The van der Waals surface area contributed by atoms with Crippen LogP contribution in [0.2, 0.25) is 0 Å². The van der Waals surface area contributed by atoms with Gasteiger partial charge in [0.15, 0.2) is 6.29 Å². The number of aliphatic hydroxyl groups is 1. The van der Waals surface area contributed by atoms with Gasteiger partial charge in [0.25, 0.3) is 0 Å². The van der Waals surface area contributed by atoms with Crippen LogP contribution in [0, 0.1) is 0 Å². The molecule has 0 bridgehead atoms. The lowest BCUT2D eigenvalue weighted by atomic mass is 9.98. The lowest BCUT2D eigenvalue weighted by molar-refractivity contribution is -0.245. The third-order valence-electron chi connectivity index (χ3n) is 7.06. The molecule has 0 spiro atoms. The van der Waals surface area contributed by atoms with E-state index in [2.05, 4.69) is 10.3 Å². The number of aromatic nitrogens is 1. The number of amides is 1. The molecule has 0 saturated carbocycles. The van der Waals surface area contributed by atoms with E-state index >= 15 is 0 Å². The van der Waals surface area contributed by atoms with E-state index in [4.69, 9.17) is 9.47 Å². The van der Waals surface area contributed by atoms with E-state index in [1.807, 2.05) is 72.8 Å². The first kappa shape index (κ1) is 29.5. The van der Waals surface area contributed by atoms with Crippen molar-refractivity contribution in [2.75, 3.05) is 5.75 Å². The topological polar surface area (TPSA) is 118 Å². The van der Waals surface area contributed by atoms with Crippen molar-refractivity contribution < 1.29 is 29.3 Å². The highest BCUT2D eigenvalue weighted by molar-refractivity contribution is 7.99. The Hall–Kier alpha value is -4.02. The smallest absolute Gasteiger partial charge is 0.338 e. The van der Waals surface area contributed by atoms with Gasteiger partial charge >= 0.3 is 5.97 Å². The van der Waals surface area contributed by atoms with Crippen LogP contribution >= 0.6 is 11.8 Å². The van der Waals surface area contributed by atoms with E-state index in [1.54, 1.807) is 18.3 Å². The molecule has 1 saturated heterocycles. The van der Waals surface area contributed by atoms with Crippen molar-refractivity contribution >= 4 is 23.6 Å². The first-order chi connectivity index (χ1) is 20.4. The van der Waals surface area contributed by atoms with E-state index in [9.17, 15) is 19.8 Å². The highest BCUT2D eigenvalue weighted by Gasteiger charge is 2.32. The lowest BCUT2D eigenvalue weighted by Crippen LogP contribution is -2.31. The molecule has 2 heterocycles. The van der Waals surface area contributed by atoms with Gasteiger partial charge in [0.2, 0.25) is 5.91 Å². The molecule has 1 amide bonds. The number of carboxylic acids is 1. The summed E-state index contributed by atoms with van der Waals surface area (Å²) in [6, 6.07) is 26.8. The van der Waals surface area contributed by atoms with Crippen LogP contribution in [-0.2, 0) is 27.4 Å². The summed E-state index contributed by atoms with van der Waals surface area (Å²) in [7, 11) is 0. The van der Waals surface area contributed by atoms with E-state index in [0.717, 1.165) is 33.4 Å². The Bertz CT molecular complexity index is 1530. The molecule has 3 atom stereocenters. The SMILES string of the molecule is CC(=O)NCc1ccccc1-c1ccc([C@H]2O[C@@H](CSc3ncccc3C(=O)O)C[C@@H](c3ccc(CO)cc3)O2)cc1. The molecule has 3 N–H and O–H groups in total. The number of ether oxygens (including phenoxy) is 2. The van der Waals surface area contributed by atoms with Crippen LogP contribution in [0.5, 0.6) is 0 Å². The molecule has 1 aliphatic rings. The highest BCUT2D eigenvalue weighted by atomic mass is 32.2. The van der Waals surface area contributed by atoms with Crippen LogP contribution in [0.3, 0.4) is 0 Å². The molecule has 8 nitrogen and oxygen atoms in total. The number of benzene rings is 3. The van der Waals surface area contributed by atoms with Crippen molar-refractivity contribution in [1.82, 2.24) is 10.3 Å². The van der Waals surface area contributed by atoms with Crippen LogP contribution in [0.25, 0.3) is 11.1 Å². The fourth-order valence-corrected chi connectivity index (χ4v) is 5.86. The molecule has 5 rings (SSSR count). The number of hydrogen-bond acceptors (Lipinski definition) is 7. The summed E-state index contributed by atoms with van der Waals surface area (Å²) in [6.45, 7) is 1.91. The zero-order chi connectivity index (χ0) is 29.5. The van der Waals surface area contributed by atoms with Gasteiger partial charge in [0, 0.05) is 37.4 Å². The number of rotatable bonds is 10. The van der Waals surface area contributed by atoms with Crippen LogP contribution in [0.15, 0.2) is 96.2 Å². The number of pyridine rings is 1. The maximum Gasteiger partial charge on any atom is 0.338 e. The highest BCUT2D eigenvalue weighted by Crippen LogP contribution is 2.40. The fraction of sp³-hybridized carbons (Fsp3) is 0.242. The van der Waals surface area contributed by atoms with Crippen molar-refractivity contribution in [2.24, 2.45) is 0 Å². The number of nitrogens with one attached hydrogen (secondary N) is 1. The van der Waals surface area contributed by atoms with Crippen molar-refractivity contribution in [3.05, 3.63) is 119 Å². The van der Waals surface area contributed by atoms with Crippen molar-refractivity contribution in [3.8, 4) is 11.1 Å². The molecular weight excluding hydrogens is 552 g/mol. The Balaban J connectivity index is 1.37. The van der Waals surface area contributed by atoms with Gasteiger partial charge in [0.05, 0.1) is 24.4 Å². The van der Waals surface area contributed by atoms with Crippen LogP contribution < -0.4 is 5.32 Å². The van der Waals surface area contributed by atoms with E-state index in [1.165, 1.54) is 18.7 Å². The molecule has 216 valence electrons. The van der Waals surface area contributed by atoms with Gasteiger partial charge in [0.1, 0.15) is 5.03 Å². The average molecular weight is 585 g/mol. The lowest BCUT2D eigenvalue weighted by Gasteiger charge is -2.36. The standard InChI is InChI=1S/C33H32N2O6S/c1-21(37)35-18-26-5-2-3-6-28(26)23-12-14-25(15-13-23)33-40-27(20-42-31-29(32(38)39)7-4-16-34-31)17-30(41-33)24-10-8-22(19-36)9-11-24/h2-16,27,30,33,36H,17-20H2,1H3,(H,35,37)(H,38,39)/t27-,30+,33+/m1/s1. The second-order valence-electron chi connectivity index (χ2n) is 10.0. The molecule has 9 heteroatoms. The van der Waals surface area contributed by atoms with Crippen molar-refractivity contribution in [3.63, 3.8) is 0 Å². The summed E-state index contributed by atoms with van der Waals surface area (Å²) in [6.07, 6.45) is 1.02. The van der Waals surface area contributed by atoms with Crippen LogP contribution in [0.1, 0.15) is 58.4 Å². The van der Waals surface area contributed by atoms with Crippen molar-refractivity contribution in [2.45, 2.75) is 50.0 Å². The van der Waals surface area contributed by atoms with Gasteiger partial charge in [-0.2, -0.15) is 0 Å². The first-order valence-electron chi connectivity index (χ1n) is 13.7. The summed E-state index contributed by atoms with van der Waals surface area (Å²) in [4.78, 5) is 27.4. The Kier molecular flexibility index (Phi) is 9.66. The van der Waals surface area contributed by atoms with Crippen molar-refractivity contribution in [1.29, 1.82) is 0 Å². The Morgan fingerprint density at radius 1 is 0.952 bits per heavy atom. The summed E-state index contributed by atoms with van der Waals surface area (Å²) in [5, 5.41) is 22.3. The minimum Gasteiger partial charge on any atom is -0.478 e. The Morgan fingerprint density at radius 3 is 2.40 bits per heavy atom. The summed E-state index contributed by atoms with van der Waals surface area (Å²) < 4.78 is 12.9. The Labute approximate surface area is 248 Å². The molecular formula is C33H32N2O6S. The minimum absolute atomic E-state index is 0.0346. The second-order valence-corrected chi connectivity index (χ2v) is 11.0. The minimum atomic E-state index is -1.02. The predicted molar refractivity (Wildman–Crippen MR) is 160 cm³/mol. The maximum absolute atomic E-state index is 11.7. The number of carbonyl (C=O) groups is 2. The summed E-state index contributed by atoms with van der Waals surface area (Å²) in [5.74, 6) is -0.601. The van der Waals surface area contributed by atoms with E-state index in [0.29, 0.717) is 23.7 Å². The second kappa shape index (κ2) is 13.8. The molecule has 4 aromatic rings.